The maximum Gasteiger partial charge on any atom is 0.255 e. The average Bonchev–Trinajstić information content (AvgIpc) is 2.75. The number of anilines is 2. The van der Waals surface area contributed by atoms with E-state index in [4.69, 9.17) is 0 Å². The minimum Gasteiger partial charge on any atom is -0.338 e. The van der Waals surface area contributed by atoms with E-state index in [1.165, 1.54) is 11.4 Å². The van der Waals surface area contributed by atoms with E-state index in [0.29, 0.717) is 11.6 Å². The molecule has 1 fully saturated rings. The Morgan fingerprint density at radius 1 is 0.929 bits per heavy atom. The number of amides is 1. The Balaban J connectivity index is 1.51. The van der Waals surface area contributed by atoms with E-state index in [0.717, 1.165) is 31.5 Å². The van der Waals surface area contributed by atoms with E-state index < -0.39 is 0 Å². The lowest BCUT2D eigenvalue weighted by molar-refractivity contribution is 0.0714. The number of hydrogen-bond acceptors (Lipinski definition) is 3. The zero-order valence-corrected chi connectivity index (χ0v) is 16.2. The number of likely N-dealkylation sites (tertiary alicyclic amines) is 1. The van der Waals surface area contributed by atoms with Crippen LogP contribution in [0.5, 0.6) is 0 Å². The Labute approximate surface area is 166 Å². The molecule has 0 unspecified atom stereocenters. The number of carbonyl (C=O) groups is 1. The molecule has 0 radical (unpaired) electrons. The minimum atomic E-state index is 0.0839. The molecule has 0 spiro atoms. The van der Waals surface area contributed by atoms with Gasteiger partial charge in [0.15, 0.2) is 0 Å². The Bertz CT molecular complexity index is 879. The van der Waals surface area contributed by atoms with Crippen molar-refractivity contribution >= 4 is 17.3 Å². The monoisotopic (exact) mass is 371 g/mol. The Morgan fingerprint density at radius 3 is 2.04 bits per heavy atom. The molecule has 28 heavy (non-hydrogen) atoms. The molecule has 0 saturated carbocycles. The Kier molecular flexibility index (Phi) is 5.38. The number of hydrogen-bond donors (Lipinski definition) is 0. The third-order valence-electron chi connectivity index (χ3n) is 5.31. The first-order valence-corrected chi connectivity index (χ1v) is 9.82. The molecule has 1 saturated heterocycles. The van der Waals surface area contributed by atoms with E-state index in [2.05, 4.69) is 58.4 Å². The van der Waals surface area contributed by atoms with Crippen molar-refractivity contribution in [3.63, 3.8) is 0 Å². The van der Waals surface area contributed by atoms with Crippen LogP contribution in [0.25, 0.3) is 0 Å². The van der Waals surface area contributed by atoms with Crippen molar-refractivity contribution < 1.29 is 4.79 Å². The van der Waals surface area contributed by atoms with Gasteiger partial charge in [0.25, 0.3) is 5.91 Å². The van der Waals surface area contributed by atoms with Gasteiger partial charge in [0, 0.05) is 42.9 Å². The molecular formula is C24H25N3O. The fourth-order valence-corrected chi connectivity index (χ4v) is 3.93. The first-order valence-electron chi connectivity index (χ1n) is 9.82. The van der Waals surface area contributed by atoms with Gasteiger partial charge in [-0.3, -0.25) is 9.78 Å². The molecule has 0 atom stereocenters. The molecule has 0 aliphatic carbocycles. The number of piperidine rings is 1. The van der Waals surface area contributed by atoms with Crippen molar-refractivity contribution in [1.29, 1.82) is 0 Å². The van der Waals surface area contributed by atoms with Crippen LogP contribution in [0, 0.1) is 6.92 Å². The molecule has 1 aliphatic rings. The van der Waals surface area contributed by atoms with Crippen molar-refractivity contribution in [2.45, 2.75) is 25.8 Å². The van der Waals surface area contributed by atoms with Crippen LogP contribution in [0.3, 0.4) is 0 Å². The summed E-state index contributed by atoms with van der Waals surface area (Å²) in [5, 5.41) is 0. The molecule has 0 N–H and O–H groups in total. The second-order valence-corrected chi connectivity index (χ2v) is 7.32. The van der Waals surface area contributed by atoms with E-state index in [1.54, 1.807) is 12.4 Å². The molecule has 1 aromatic heterocycles. The van der Waals surface area contributed by atoms with Gasteiger partial charge in [-0.05, 0) is 55.7 Å². The fraction of sp³-hybridized carbons (Fsp3) is 0.250. The number of pyridine rings is 1. The lowest BCUT2D eigenvalue weighted by Crippen LogP contribution is -2.45. The highest BCUT2D eigenvalue weighted by Gasteiger charge is 2.28. The van der Waals surface area contributed by atoms with Crippen LogP contribution >= 0.6 is 0 Å². The number of carbonyl (C=O) groups excluding carboxylic acids is 1. The van der Waals surface area contributed by atoms with Crippen molar-refractivity contribution in [2.24, 2.45) is 0 Å². The van der Waals surface area contributed by atoms with Crippen molar-refractivity contribution in [2.75, 3.05) is 18.0 Å². The van der Waals surface area contributed by atoms with E-state index in [-0.39, 0.29) is 5.91 Å². The van der Waals surface area contributed by atoms with Gasteiger partial charge in [-0.25, -0.2) is 0 Å². The third-order valence-corrected chi connectivity index (χ3v) is 5.31. The van der Waals surface area contributed by atoms with Crippen LogP contribution in [-0.2, 0) is 0 Å². The van der Waals surface area contributed by atoms with Gasteiger partial charge in [0.05, 0.1) is 5.56 Å². The van der Waals surface area contributed by atoms with Gasteiger partial charge in [-0.2, -0.15) is 0 Å². The highest BCUT2D eigenvalue weighted by atomic mass is 16.2. The summed E-state index contributed by atoms with van der Waals surface area (Å²) >= 11 is 0. The standard InChI is InChI=1S/C24H25N3O/c1-19-16-20(18-25-17-19)24(28)26-14-12-23(13-15-26)27(21-8-4-2-5-9-21)22-10-6-3-7-11-22/h2-11,16-18,23H,12-15H2,1H3. The summed E-state index contributed by atoms with van der Waals surface area (Å²) in [4.78, 5) is 21.4. The van der Waals surface area contributed by atoms with E-state index >= 15 is 0 Å². The molecule has 2 aromatic carbocycles. The van der Waals surface area contributed by atoms with Crippen LogP contribution < -0.4 is 4.90 Å². The minimum absolute atomic E-state index is 0.0839. The van der Waals surface area contributed by atoms with Crippen LogP contribution in [0.4, 0.5) is 11.4 Å². The SMILES string of the molecule is Cc1cncc(C(=O)N2CCC(N(c3ccccc3)c3ccccc3)CC2)c1. The Hall–Kier alpha value is -3.14. The average molecular weight is 371 g/mol. The van der Waals surface area contributed by atoms with E-state index in [1.807, 2.05) is 30.0 Å². The zero-order chi connectivity index (χ0) is 19.3. The van der Waals surface area contributed by atoms with Crippen LogP contribution in [-0.4, -0.2) is 34.9 Å². The van der Waals surface area contributed by atoms with Gasteiger partial charge in [0.2, 0.25) is 0 Å². The third kappa shape index (κ3) is 3.91. The van der Waals surface area contributed by atoms with Crippen LogP contribution in [0.2, 0.25) is 0 Å². The predicted octanol–water partition coefficient (Wildman–Crippen LogP) is 4.83. The quantitative estimate of drug-likeness (QED) is 0.659. The van der Waals surface area contributed by atoms with Gasteiger partial charge in [-0.15, -0.1) is 0 Å². The molecule has 1 amide bonds. The summed E-state index contributed by atoms with van der Waals surface area (Å²) in [6.45, 7) is 3.48. The lowest BCUT2D eigenvalue weighted by atomic mass is 10.0. The van der Waals surface area contributed by atoms with Crippen molar-refractivity contribution in [1.82, 2.24) is 9.88 Å². The summed E-state index contributed by atoms with van der Waals surface area (Å²) in [5.74, 6) is 0.0839. The summed E-state index contributed by atoms with van der Waals surface area (Å²) in [7, 11) is 0. The fourth-order valence-electron chi connectivity index (χ4n) is 3.93. The number of aromatic nitrogens is 1. The number of rotatable bonds is 4. The van der Waals surface area contributed by atoms with Gasteiger partial charge in [-0.1, -0.05) is 36.4 Å². The highest BCUT2D eigenvalue weighted by molar-refractivity contribution is 5.94. The van der Waals surface area contributed by atoms with Gasteiger partial charge < -0.3 is 9.80 Å². The highest BCUT2D eigenvalue weighted by Crippen LogP contribution is 2.32. The number of aryl methyl sites for hydroxylation is 1. The summed E-state index contributed by atoms with van der Waals surface area (Å²) in [5.41, 5.74) is 4.09. The summed E-state index contributed by atoms with van der Waals surface area (Å²) in [6, 6.07) is 23.3. The van der Waals surface area contributed by atoms with Gasteiger partial charge >= 0.3 is 0 Å². The molecule has 142 valence electrons. The number of para-hydroxylation sites is 2. The first kappa shape index (κ1) is 18.2. The summed E-state index contributed by atoms with van der Waals surface area (Å²) < 4.78 is 0. The molecule has 2 heterocycles. The smallest absolute Gasteiger partial charge is 0.255 e. The normalized spacial score (nSPS) is 14.7. The Morgan fingerprint density at radius 2 is 1.50 bits per heavy atom. The number of benzene rings is 2. The molecule has 3 aromatic rings. The molecule has 4 heteroatoms. The zero-order valence-electron chi connectivity index (χ0n) is 16.2. The first-order chi connectivity index (χ1) is 13.7. The van der Waals surface area contributed by atoms with Gasteiger partial charge in [0.1, 0.15) is 0 Å². The van der Waals surface area contributed by atoms with E-state index in [9.17, 15) is 4.79 Å². The number of nitrogens with zero attached hydrogens (tertiary/aromatic N) is 3. The van der Waals surface area contributed by atoms with Crippen LogP contribution in [0.15, 0.2) is 79.1 Å². The second-order valence-electron chi connectivity index (χ2n) is 7.32. The van der Waals surface area contributed by atoms with Crippen LogP contribution in [0.1, 0.15) is 28.8 Å². The largest absolute Gasteiger partial charge is 0.338 e. The molecule has 4 rings (SSSR count). The van der Waals surface area contributed by atoms with Crippen molar-refractivity contribution in [3.05, 3.63) is 90.3 Å². The lowest BCUT2D eigenvalue weighted by Gasteiger charge is -2.40. The molecular weight excluding hydrogens is 346 g/mol. The molecule has 0 bridgehead atoms. The molecule has 4 nitrogen and oxygen atoms in total. The summed E-state index contributed by atoms with van der Waals surface area (Å²) in [6.07, 6.45) is 5.33. The maximum absolute atomic E-state index is 12.8. The predicted molar refractivity (Wildman–Crippen MR) is 113 cm³/mol. The van der Waals surface area contributed by atoms with Crippen molar-refractivity contribution in [3.8, 4) is 0 Å². The molecule has 1 aliphatic heterocycles. The topological polar surface area (TPSA) is 36.4 Å². The maximum atomic E-state index is 12.8. The second kappa shape index (κ2) is 8.26.